The van der Waals surface area contributed by atoms with Crippen molar-refractivity contribution in [1.29, 1.82) is 5.26 Å². The smallest absolute Gasteiger partial charge is 0.248 e. The summed E-state index contributed by atoms with van der Waals surface area (Å²) in [5.41, 5.74) is 4.61. The molecule has 0 aromatic heterocycles. The minimum atomic E-state index is -0.377. The Kier molecular flexibility index (Phi) is 4.14. The highest BCUT2D eigenvalue weighted by atomic mass is 16.2. The van der Waals surface area contributed by atoms with E-state index >= 15 is 0 Å². The summed E-state index contributed by atoms with van der Waals surface area (Å²) in [6.07, 6.45) is 5.39. The second kappa shape index (κ2) is 6.61. The molecule has 4 heteroatoms. The van der Waals surface area contributed by atoms with Gasteiger partial charge in [-0.2, -0.15) is 5.26 Å². The molecule has 2 unspecified atom stereocenters. The van der Waals surface area contributed by atoms with Gasteiger partial charge >= 0.3 is 0 Å². The van der Waals surface area contributed by atoms with Crippen molar-refractivity contribution in [1.82, 2.24) is 4.90 Å². The fourth-order valence-corrected chi connectivity index (χ4v) is 4.26. The van der Waals surface area contributed by atoms with Gasteiger partial charge in [-0.25, -0.2) is 4.90 Å². The van der Waals surface area contributed by atoms with E-state index in [0.717, 1.165) is 36.8 Å². The molecule has 0 radical (unpaired) electrons. The first kappa shape index (κ1) is 16.3. The monoisotopic (exact) mass is 342 g/mol. The summed E-state index contributed by atoms with van der Waals surface area (Å²) in [7, 11) is 0. The van der Waals surface area contributed by atoms with Gasteiger partial charge in [-0.05, 0) is 42.0 Å². The Balaban J connectivity index is 1.74. The zero-order valence-corrected chi connectivity index (χ0v) is 14.3. The molecule has 128 valence electrons. The van der Waals surface area contributed by atoms with Crippen LogP contribution in [0.5, 0.6) is 0 Å². The minimum Gasteiger partial charge on any atom is -0.298 e. The molecule has 1 amide bonds. The molecule has 0 spiro atoms. The van der Waals surface area contributed by atoms with E-state index in [1.165, 1.54) is 16.0 Å². The van der Waals surface area contributed by atoms with Crippen LogP contribution in [0, 0.1) is 17.4 Å². The van der Waals surface area contributed by atoms with Crippen LogP contribution in [0.2, 0.25) is 0 Å². The molecule has 2 aromatic carbocycles. The van der Waals surface area contributed by atoms with E-state index in [1.807, 2.05) is 24.3 Å². The summed E-state index contributed by atoms with van der Waals surface area (Å²) in [5.74, 6) is -0.540. The molecule has 2 aromatic rings. The first-order chi connectivity index (χ1) is 12.7. The van der Waals surface area contributed by atoms with Crippen LogP contribution >= 0.6 is 0 Å². The van der Waals surface area contributed by atoms with Crippen molar-refractivity contribution >= 4 is 12.2 Å². The average Bonchev–Trinajstić information content (AvgIpc) is 3.19. The van der Waals surface area contributed by atoms with Crippen molar-refractivity contribution in [2.75, 3.05) is 0 Å². The summed E-state index contributed by atoms with van der Waals surface area (Å²) in [6.45, 7) is 0. The molecule has 0 bridgehead atoms. The molecule has 4 nitrogen and oxygen atoms in total. The van der Waals surface area contributed by atoms with E-state index in [2.05, 4.69) is 18.3 Å². The maximum absolute atomic E-state index is 12.9. The highest BCUT2D eigenvalue weighted by Gasteiger charge is 2.49. The molecule has 1 aliphatic heterocycles. The standard InChI is InChI=1S/C22H18N2O2/c23-14-24-21-18(11-15-5-2-1-3-6-15)9-10-19(21)20(22(24)26)17-8-4-7-16(12-17)13-25/h1-8,12-13,19-20H,9-11H2. The molecule has 1 saturated heterocycles. The van der Waals surface area contributed by atoms with Gasteiger partial charge in [-0.15, -0.1) is 0 Å². The molecule has 2 atom stereocenters. The Morgan fingerprint density at radius 1 is 1.15 bits per heavy atom. The number of carbonyl (C=O) groups is 2. The van der Waals surface area contributed by atoms with E-state index in [1.54, 1.807) is 18.2 Å². The summed E-state index contributed by atoms with van der Waals surface area (Å²) in [6, 6.07) is 17.3. The summed E-state index contributed by atoms with van der Waals surface area (Å²) >= 11 is 0. The third-order valence-corrected chi connectivity index (χ3v) is 5.37. The number of hydrogen-bond acceptors (Lipinski definition) is 3. The summed E-state index contributed by atoms with van der Waals surface area (Å²) < 4.78 is 0. The molecule has 0 saturated carbocycles. The number of nitrogens with zero attached hydrogens (tertiary/aromatic N) is 2. The lowest BCUT2D eigenvalue weighted by Crippen LogP contribution is -2.22. The van der Waals surface area contributed by atoms with Crippen LogP contribution < -0.4 is 0 Å². The number of fused-ring (bicyclic) bond motifs is 1. The van der Waals surface area contributed by atoms with E-state index in [9.17, 15) is 14.9 Å². The number of allylic oxidation sites excluding steroid dienone is 2. The Morgan fingerprint density at radius 2 is 1.96 bits per heavy atom. The van der Waals surface area contributed by atoms with E-state index < -0.39 is 0 Å². The summed E-state index contributed by atoms with van der Waals surface area (Å²) in [5, 5.41) is 9.60. The number of rotatable bonds is 4. The molecule has 0 N–H and O–H groups in total. The first-order valence-corrected chi connectivity index (χ1v) is 8.77. The second-order valence-corrected chi connectivity index (χ2v) is 6.84. The number of nitriles is 1. The van der Waals surface area contributed by atoms with Crippen molar-refractivity contribution in [3.63, 3.8) is 0 Å². The SMILES string of the molecule is N#CN1C(=O)C(c2cccc(C=O)c2)C2CCC(Cc3ccccc3)=C21. The van der Waals surface area contributed by atoms with Gasteiger partial charge in [-0.1, -0.05) is 48.5 Å². The lowest BCUT2D eigenvalue weighted by atomic mass is 9.86. The molecule has 4 rings (SSSR count). The predicted molar refractivity (Wildman–Crippen MR) is 96.9 cm³/mol. The lowest BCUT2D eigenvalue weighted by molar-refractivity contribution is -0.126. The first-order valence-electron chi connectivity index (χ1n) is 8.77. The van der Waals surface area contributed by atoms with Gasteiger partial charge in [0, 0.05) is 17.2 Å². The van der Waals surface area contributed by atoms with Crippen LogP contribution in [0.15, 0.2) is 65.9 Å². The largest absolute Gasteiger partial charge is 0.298 e. The summed E-state index contributed by atoms with van der Waals surface area (Å²) in [4.78, 5) is 25.3. The van der Waals surface area contributed by atoms with E-state index in [0.29, 0.717) is 5.56 Å². The molecular formula is C22H18N2O2. The Bertz CT molecular complexity index is 940. The highest BCUT2D eigenvalue weighted by molar-refractivity contribution is 5.91. The van der Waals surface area contributed by atoms with Gasteiger partial charge in [0.05, 0.1) is 5.92 Å². The van der Waals surface area contributed by atoms with Gasteiger partial charge < -0.3 is 0 Å². The Morgan fingerprint density at radius 3 is 2.69 bits per heavy atom. The van der Waals surface area contributed by atoms with Crippen molar-refractivity contribution in [3.8, 4) is 6.19 Å². The predicted octanol–water partition coefficient (Wildman–Crippen LogP) is 3.81. The third kappa shape index (κ3) is 2.62. The van der Waals surface area contributed by atoms with Gasteiger partial charge in [0.1, 0.15) is 6.29 Å². The topological polar surface area (TPSA) is 61.2 Å². The third-order valence-electron chi connectivity index (χ3n) is 5.37. The maximum Gasteiger partial charge on any atom is 0.248 e. The number of hydrogen-bond donors (Lipinski definition) is 0. The molecule has 1 heterocycles. The number of aldehydes is 1. The Hall–Kier alpha value is -3.19. The van der Waals surface area contributed by atoms with Crippen molar-refractivity contribution in [2.24, 2.45) is 5.92 Å². The number of benzene rings is 2. The number of amides is 1. The number of likely N-dealkylation sites (tertiary alicyclic amines) is 1. The zero-order valence-electron chi connectivity index (χ0n) is 14.3. The molecule has 2 aliphatic rings. The van der Waals surface area contributed by atoms with Crippen molar-refractivity contribution in [3.05, 3.63) is 82.6 Å². The quantitative estimate of drug-likeness (QED) is 0.627. The zero-order chi connectivity index (χ0) is 18.1. The lowest BCUT2D eigenvalue weighted by Gasteiger charge is -2.14. The van der Waals surface area contributed by atoms with Gasteiger partial charge in [0.25, 0.3) is 0 Å². The van der Waals surface area contributed by atoms with Gasteiger partial charge in [0.15, 0.2) is 6.19 Å². The fraction of sp³-hybridized carbons (Fsp3) is 0.227. The van der Waals surface area contributed by atoms with Crippen molar-refractivity contribution in [2.45, 2.75) is 25.2 Å². The van der Waals surface area contributed by atoms with Crippen LogP contribution in [0.3, 0.4) is 0 Å². The van der Waals surface area contributed by atoms with Crippen LogP contribution in [-0.2, 0) is 11.2 Å². The van der Waals surface area contributed by atoms with E-state index in [4.69, 9.17) is 0 Å². The molecule has 1 aliphatic carbocycles. The number of carbonyl (C=O) groups excluding carboxylic acids is 2. The fourth-order valence-electron chi connectivity index (χ4n) is 4.26. The molecule has 26 heavy (non-hydrogen) atoms. The van der Waals surface area contributed by atoms with Crippen LogP contribution in [0.25, 0.3) is 0 Å². The van der Waals surface area contributed by atoms with Crippen molar-refractivity contribution < 1.29 is 9.59 Å². The molecular weight excluding hydrogens is 324 g/mol. The van der Waals surface area contributed by atoms with Crippen LogP contribution in [0.1, 0.15) is 40.2 Å². The van der Waals surface area contributed by atoms with Crippen LogP contribution in [0.4, 0.5) is 0 Å². The second-order valence-electron chi connectivity index (χ2n) is 6.84. The van der Waals surface area contributed by atoms with Crippen LogP contribution in [-0.4, -0.2) is 17.1 Å². The Labute approximate surface area is 152 Å². The average molecular weight is 342 g/mol. The minimum absolute atomic E-state index is 0.0164. The van der Waals surface area contributed by atoms with Gasteiger partial charge in [-0.3, -0.25) is 9.59 Å². The normalized spacial score (nSPS) is 21.7. The molecule has 1 fully saturated rings. The van der Waals surface area contributed by atoms with E-state index in [-0.39, 0.29) is 17.7 Å². The maximum atomic E-state index is 12.9. The highest BCUT2D eigenvalue weighted by Crippen LogP contribution is 2.50. The van der Waals surface area contributed by atoms with Gasteiger partial charge in [0.2, 0.25) is 5.91 Å².